The van der Waals surface area contributed by atoms with E-state index in [-0.39, 0.29) is 11.2 Å². The Bertz CT molecular complexity index is 341. The van der Waals surface area contributed by atoms with Crippen molar-refractivity contribution in [1.82, 2.24) is 10.6 Å². The number of amides is 3. The Kier molecular flexibility index (Phi) is 4.83. The van der Waals surface area contributed by atoms with Crippen molar-refractivity contribution < 1.29 is 9.59 Å². The Hall–Kier alpha value is -1.36. The minimum atomic E-state index is -0.483. The van der Waals surface area contributed by atoms with E-state index in [4.69, 9.17) is 0 Å². The van der Waals surface area contributed by atoms with E-state index in [0.717, 1.165) is 5.56 Å². The smallest absolute Gasteiger partial charge is 0.321 e. The maximum Gasteiger partial charge on any atom is 0.321 e. The summed E-state index contributed by atoms with van der Waals surface area (Å²) in [5, 5.41) is 4.85. The molecular formula is C10H11BrN2O2. The third-order valence-corrected chi connectivity index (χ3v) is 2.18. The highest BCUT2D eigenvalue weighted by molar-refractivity contribution is 9.09. The molecule has 1 aromatic carbocycles. The van der Waals surface area contributed by atoms with E-state index in [1.807, 2.05) is 30.3 Å². The van der Waals surface area contributed by atoms with Gasteiger partial charge in [-0.25, -0.2) is 4.79 Å². The van der Waals surface area contributed by atoms with Crippen LogP contribution in [0.5, 0.6) is 0 Å². The molecule has 5 heteroatoms. The van der Waals surface area contributed by atoms with Crippen molar-refractivity contribution in [1.29, 1.82) is 0 Å². The van der Waals surface area contributed by atoms with Gasteiger partial charge in [-0.1, -0.05) is 46.3 Å². The van der Waals surface area contributed by atoms with Gasteiger partial charge in [0.15, 0.2) is 0 Å². The summed E-state index contributed by atoms with van der Waals surface area (Å²) in [7, 11) is 0. The van der Waals surface area contributed by atoms with Crippen LogP contribution in [-0.4, -0.2) is 17.3 Å². The molecule has 0 saturated carbocycles. The SMILES string of the molecule is O=C(CBr)NC(=O)NCc1ccccc1. The number of alkyl halides is 1. The molecular weight excluding hydrogens is 260 g/mol. The maximum absolute atomic E-state index is 11.1. The molecule has 0 aromatic heterocycles. The van der Waals surface area contributed by atoms with Gasteiger partial charge in [-0.2, -0.15) is 0 Å². The van der Waals surface area contributed by atoms with Crippen LogP contribution >= 0.6 is 15.9 Å². The maximum atomic E-state index is 11.1. The van der Waals surface area contributed by atoms with Gasteiger partial charge in [0.25, 0.3) is 0 Å². The third kappa shape index (κ3) is 4.60. The molecule has 0 unspecified atom stereocenters. The minimum absolute atomic E-state index is 0.117. The molecule has 0 aliphatic heterocycles. The standard InChI is InChI=1S/C10H11BrN2O2/c11-6-9(14)13-10(15)12-7-8-4-2-1-3-5-8/h1-5H,6-7H2,(H2,12,13,14,15). The summed E-state index contributed by atoms with van der Waals surface area (Å²) >= 11 is 2.95. The molecule has 0 bridgehead atoms. The van der Waals surface area contributed by atoms with Crippen molar-refractivity contribution in [3.05, 3.63) is 35.9 Å². The summed E-state index contributed by atoms with van der Waals surface area (Å²) in [5.41, 5.74) is 0.985. The molecule has 0 atom stereocenters. The van der Waals surface area contributed by atoms with Crippen LogP contribution in [0.4, 0.5) is 4.79 Å². The zero-order chi connectivity index (χ0) is 11.1. The van der Waals surface area contributed by atoms with E-state index in [1.54, 1.807) is 0 Å². The van der Waals surface area contributed by atoms with E-state index in [1.165, 1.54) is 0 Å². The van der Waals surface area contributed by atoms with Gasteiger partial charge >= 0.3 is 6.03 Å². The van der Waals surface area contributed by atoms with Crippen molar-refractivity contribution in [2.24, 2.45) is 0 Å². The number of imide groups is 1. The zero-order valence-corrected chi connectivity index (χ0v) is 9.58. The van der Waals surface area contributed by atoms with Gasteiger partial charge in [0.1, 0.15) is 0 Å². The quantitative estimate of drug-likeness (QED) is 0.816. The van der Waals surface area contributed by atoms with E-state index >= 15 is 0 Å². The number of halogens is 1. The van der Waals surface area contributed by atoms with E-state index in [2.05, 4.69) is 26.6 Å². The van der Waals surface area contributed by atoms with E-state index in [9.17, 15) is 9.59 Å². The summed E-state index contributed by atoms with van der Waals surface area (Å²) in [6.45, 7) is 0.405. The summed E-state index contributed by atoms with van der Waals surface area (Å²) in [6, 6.07) is 8.98. The van der Waals surface area contributed by atoms with Gasteiger partial charge in [0.05, 0.1) is 5.33 Å². The first-order valence-corrected chi connectivity index (χ1v) is 5.52. The average Bonchev–Trinajstić information content (AvgIpc) is 2.27. The van der Waals surface area contributed by atoms with Crippen LogP contribution in [0.25, 0.3) is 0 Å². The lowest BCUT2D eigenvalue weighted by Gasteiger charge is -2.05. The van der Waals surface area contributed by atoms with Crippen molar-refractivity contribution in [2.75, 3.05) is 5.33 Å². The molecule has 0 radical (unpaired) electrons. The second-order valence-electron chi connectivity index (χ2n) is 2.85. The molecule has 15 heavy (non-hydrogen) atoms. The zero-order valence-electron chi connectivity index (χ0n) is 8.00. The molecule has 0 saturated heterocycles. The normalized spacial score (nSPS) is 9.40. The molecule has 1 aromatic rings. The van der Waals surface area contributed by atoms with Crippen molar-refractivity contribution in [3.63, 3.8) is 0 Å². The summed E-state index contributed by atoms with van der Waals surface area (Å²) in [5.74, 6) is -0.361. The lowest BCUT2D eigenvalue weighted by atomic mass is 10.2. The predicted molar refractivity (Wildman–Crippen MR) is 60.6 cm³/mol. The van der Waals surface area contributed by atoms with E-state index in [0.29, 0.717) is 6.54 Å². The first-order chi connectivity index (χ1) is 7.22. The monoisotopic (exact) mass is 270 g/mol. The number of carbonyl (C=O) groups excluding carboxylic acids is 2. The molecule has 1 rings (SSSR count). The van der Waals surface area contributed by atoms with Gasteiger partial charge in [-0.05, 0) is 5.56 Å². The molecule has 0 heterocycles. The number of rotatable bonds is 3. The van der Waals surface area contributed by atoms with Crippen LogP contribution in [0.1, 0.15) is 5.56 Å². The van der Waals surface area contributed by atoms with Crippen LogP contribution in [0.15, 0.2) is 30.3 Å². The number of urea groups is 1. The largest absolute Gasteiger partial charge is 0.334 e. The van der Waals surface area contributed by atoms with Crippen molar-refractivity contribution in [3.8, 4) is 0 Å². The number of hydrogen-bond acceptors (Lipinski definition) is 2. The van der Waals surface area contributed by atoms with Crippen molar-refractivity contribution >= 4 is 27.9 Å². The van der Waals surface area contributed by atoms with Crippen molar-refractivity contribution in [2.45, 2.75) is 6.54 Å². The highest BCUT2D eigenvalue weighted by Gasteiger charge is 2.04. The Labute approximate surface area is 96.2 Å². The number of benzene rings is 1. The van der Waals surface area contributed by atoms with Crippen LogP contribution in [-0.2, 0) is 11.3 Å². The lowest BCUT2D eigenvalue weighted by Crippen LogP contribution is -2.39. The summed E-state index contributed by atoms with van der Waals surface area (Å²) in [6.07, 6.45) is 0. The molecule has 3 amide bonds. The van der Waals surface area contributed by atoms with Crippen LogP contribution in [0, 0.1) is 0 Å². The minimum Gasteiger partial charge on any atom is -0.334 e. The topological polar surface area (TPSA) is 58.2 Å². The second-order valence-corrected chi connectivity index (χ2v) is 3.41. The van der Waals surface area contributed by atoms with Gasteiger partial charge in [-0.3, -0.25) is 10.1 Å². The first kappa shape index (κ1) is 11.7. The van der Waals surface area contributed by atoms with Crippen LogP contribution in [0.2, 0.25) is 0 Å². The summed E-state index contributed by atoms with van der Waals surface area (Å²) < 4.78 is 0. The van der Waals surface area contributed by atoms with Gasteiger partial charge < -0.3 is 5.32 Å². The van der Waals surface area contributed by atoms with E-state index < -0.39 is 6.03 Å². The van der Waals surface area contributed by atoms with Gasteiger partial charge in [0.2, 0.25) is 5.91 Å². The lowest BCUT2D eigenvalue weighted by molar-refractivity contribution is -0.117. The van der Waals surface area contributed by atoms with Gasteiger partial charge in [0, 0.05) is 6.54 Å². The third-order valence-electron chi connectivity index (χ3n) is 1.67. The number of carbonyl (C=O) groups is 2. The Balaban J connectivity index is 2.32. The molecule has 80 valence electrons. The Morgan fingerprint density at radius 3 is 2.47 bits per heavy atom. The predicted octanol–water partition coefficient (Wildman–Crippen LogP) is 1.41. The molecule has 0 spiro atoms. The van der Waals surface area contributed by atoms with Crippen LogP contribution in [0.3, 0.4) is 0 Å². The Morgan fingerprint density at radius 2 is 1.87 bits per heavy atom. The Morgan fingerprint density at radius 1 is 1.20 bits per heavy atom. The van der Waals surface area contributed by atoms with Crippen LogP contribution < -0.4 is 10.6 Å². The molecule has 0 fully saturated rings. The molecule has 4 nitrogen and oxygen atoms in total. The number of nitrogens with one attached hydrogen (secondary N) is 2. The number of hydrogen-bond donors (Lipinski definition) is 2. The molecule has 0 aliphatic rings. The average molecular weight is 271 g/mol. The fraction of sp³-hybridized carbons (Fsp3) is 0.200. The highest BCUT2D eigenvalue weighted by Crippen LogP contribution is 1.96. The fourth-order valence-electron chi connectivity index (χ4n) is 0.982. The fourth-order valence-corrected chi connectivity index (χ4v) is 1.12. The molecule has 2 N–H and O–H groups in total. The highest BCUT2D eigenvalue weighted by atomic mass is 79.9. The molecule has 0 aliphatic carbocycles. The van der Waals surface area contributed by atoms with Gasteiger partial charge in [-0.15, -0.1) is 0 Å². The second kappa shape index (κ2) is 6.19. The first-order valence-electron chi connectivity index (χ1n) is 4.40. The summed E-state index contributed by atoms with van der Waals surface area (Å²) in [4.78, 5) is 21.9.